The summed E-state index contributed by atoms with van der Waals surface area (Å²) in [6, 6.07) is 0.756. The summed E-state index contributed by atoms with van der Waals surface area (Å²) < 4.78 is 0. The molecule has 1 aliphatic heterocycles. The first-order valence-electron chi connectivity index (χ1n) is 8.12. The standard InChI is InChI=1S/C16H34N2/c1-5-7-15-8-10-18(11-9-15)16(6-2)13-17-12-14(3)4/h14-17H,5-13H2,1-4H3. The fraction of sp³-hybridized carbons (Fsp3) is 1.00. The number of hydrogen-bond acceptors (Lipinski definition) is 2. The zero-order valence-electron chi connectivity index (χ0n) is 13.0. The molecule has 0 aromatic heterocycles. The number of piperidine rings is 1. The van der Waals surface area contributed by atoms with Crippen LogP contribution in [0.5, 0.6) is 0 Å². The van der Waals surface area contributed by atoms with Gasteiger partial charge in [0.15, 0.2) is 0 Å². The van der Waals surface area contributed by atoms with E-state index in [0.29, 0.717) is 0 Å². The van der Waals surface area contributed by atoms with Crippen molar-refractivity contribution < 1.29 is 0 Å². The lowest BCUT2D eigenvalue weighted by atomic mass is 9.91. The number of hydrogen-bond donors (Lipinski definition) is 1. The molecule has 1 rings (SSSR count). The molecule has 0 amide bonds. The van der Waals surface area contributed by atoms with E-state index in [-0.39, 0.29) is 0 Å². The predicted molar refractivity (Wildman–Crippen MR) is 81.0 cm³/mol. The van der Waals surface area contributed by atoms with Gasteiger partial charge >= 0.3 is 0 Å². The minimum absolute atomic E-state index is 0.756. The van der Waals surface area contributed by atoms with E-state index in [1.807, 2.05) is 0 Å². The Balaban J connectivity index is 2.25. The third-order valence-corrected chi connectivity index (χ3v) is 4.27. The molecule has 0 spiro atoms. The lowest BCUT2D eigenvalue weighted by Gasteiger charge is -2.37. The van der Waals surface area contributed by atoms with Crippen LogP contribution in [0.15, 0.2) is 0 Å². The monoisotopic (exact) mass is 254 g/mol. The highest BCUT2D eigenvalue weighted by Gasteiger charge is 2.23. The molecule has 0 aromatic rings. The van der Waals surface area contributed by atoms with E-state index in [0.717, 1.165) is 24.4 Å². The van der Waals surface area contributed by atoms with Crippen molar-refractivity contribution in [1.29, 1.82) is 0 Å². The second-order valence-electron chi connectivity index (χ2n) is 6.38. The quantitative estimate of drug-likeness (QED) is 0.713. The molecule has 1 atom stereocenters. The second kappa shape index (κ2) is 8.92. The van der Waals surface area contributed by atoms with E-state index in [1.54, 1.807) is 0 Å². The van der Waals surface area contributed by atoms with Crippen LogP contribution in [0.25, 0.3) is 0 Å². The average Bonchev–Trinajstić information content (AvgIpc) is 2.36. The maximum absolute atomic E-state index is 3.63. The van der Waals surface area contributed by atoms with Gasteiger partial charge in [-0.25, -0.2) is 0 Å². The topological polar surface area (TPSA) is 15.3 Å². The molecule has 1 fully saturated rings. The van der Waals surface area contributed by atoms with Crippen LogP contribution >= 0.6 is 0 Å². The summed E-state index contributed by atoms with van der Waals surface area (Å²) in [5, 5.41) is 3.63. The molecular weight excluding hydrogens is 220 g/mol. The van der Waals surface area contributed by atoms with Gasteiger partial charge in [0.05, 0.1) is 0 Å². The average molecular weight is 254 g/mol. The lowest BCUT2D eigenvalue weighted by molar-refractivity contribution is 0.123. The molecule has 1 heterocycles. The Bertz CT molecular complexity index is 195. The van der Waals surface area contributed by atoms with E-state index >= 15 is 0 Å². The normalized spacial score (nSPS) is 20.5. The Hall–Kier alpha value is -0.0800. The molecule has 2 nitrogen and oxygen atoms in total. The van der Waals surface area contributed by atoms with Gasteiger partial charge < -0.3 is 5.32 Å². The van der Waals surface area contributed by atoms with Crippen molar-refractivity contribution >= 4 is 0 Å². The van der Waals surface area contributed by atoms with Gasteiger partial charge in [-0.2, -0.15) is 0 Å². The SMILES string of the molecule is CCCC1CCN(C(CC)CNCC(C)C)CC1. The Kier molecular flexibility index (Phi) is 7.92. The van der Waals surface area contributed by atoms with E-state index in [1.165, 1.54) is 51.7 Å². The highest BCUT2D eigenvalue weighted by Crippen LogP contribution is 2.23. The molecule has 0 saturated carbocycles. The molecule has 1 aliphatic rings. The van der Waals surface area contributed by atoms with Gasteiger partial charge in [-0.05, 0) is 50.7 Å². The van der Waals surface area contributed by atoms with Crippen molar-refractivity contribution in [3.05, 3.63) is 0 Å². The summed E-state index contributed by atoms with van der Waals surface area (Å²) in [7, 11) is 0. The van der Waals surface area contributed by atoms with Crippen LogP contribution in [0.2, 0.25) is 0 Å². The van der Waals surface area contributed by atoms with Crippen molar-refractivity contribution in [2.45, 2.75) is 65.8 Å². The minimum atomic E-state index is 0.756. The van der Waals surface area contributed by atoms with Gasteiger partial charge in [-0.3, -0.25) is 4.90 Å². The third kappa shape index (κ3) is 5.71. The van der Waals surface area contributed by atoms with Gasteiger partial charge in [0, 0.05) is 12.6 Å². The molecule has 18 heavy (non-hydrogen) atoms. The van der Waals surface area contributed by atoms with E-state index < -0.39 is 0 Å². The Morgan fingerprint density at radius 1 is 1.11 bits per heavy atom. The van der Waals surface area contributed by atoms with Crippen LogP contribution in [0.3, 0.4) is 0 Å². The Morgan fingerprint density at radius 2 is 1.78 bits per heavy atom. The molecule has 0 aromatic carbocycles. The van der Waals surface area contributed by atoms with E-state index in [9.17, 15) is 0 Å². The van der Waals surface area contributed by atoms with Crippen molar-refractivity contribution in [3.8, 4) is 0 Å². The van der Waals surface area contributed by atoms with Crippen LogP contribution in [-0.4, -0.2) is 37.1 Å². The smallest absolute Gasteiger partial charge is 0.0218 e. The maximum atomic E-state index is 3.63. The zero-order valence-corrected chi connectivity index (χ0v) is 13.0. The minimum Gasteiger partial charge on any atom is -0.315 e. The molecule has 1 saturated heterocycles. The largest absolute Gasteiger partial charge is 0.315 e. The van der Waals surface area contributed by atoms with E-state index in [4.69, 9.17) is 0 Å². The van der Waals surface area contributed by atoms with Crippen molar-refractivity contribution in [2.75, 3.05) is 26.2 Å². The fourth-order valence-electron chi connectivity index (χ4n) is 3.09. The summed E-state index contributed by atoms with van der Waals surface area (Å²) in [5.41, 5.74) is 0. The number of likely N-dealkylation sites (tertiary alicyclic amines) is 1. The highest BCUT2D eigenvalue weighted by molar-refractivity contribution is 4.79. The van der Waals surface area contributed by atoms with Crippen molar-refractivity contribution in [3.63, 3.8) is 0 Å². The molecule has 0 bridgehead atoms. The highest BCUT2D eigenvalue weighted by atomic mass is 15.2. The van der Waals surface area contributed by atoms with Gasteiger partial charge in [0.1, 0.15) is 0 Å². The third-order valence-electron chi connectivity index (χ3n) is 4.27. The Labute approximate surface area is 115 Å². The van der Waals surface area contributed by atoms with Crippen LogP contribution < -0.4 is 5.32 Å². The van der Waals surface area contributed by atoms with E-state index in [2.05, 4.69) is 37.9 Å². The number of rotatable bonds is 8. The molecule has 0 aliphatic carbocycles. The summed E-state index contributed by atoms with van der Waals surface area (Å²) in [5.74, 6) is 1.77. The summed E-state index contributed by atoms with van der Waals surface area (Å²) in [4.78, 5) is 2.72. The zero-order chi connectivity index (χ0) is 13.4. The van der Waals surface area contributed by atoms with Crippen LogP contribution in [0.1, 0.15) is 59.8 Å². The predicted octanol–water partition coefficient (Wildman–Crippen LogP) is 3.52. The summed E-state index contributed by atoms with van der Waals surface area (Å²) in [6.45, 7) is 14.2. The number of nitrogens with one attached hydrogen (secondary N) is 1. The molecule has 1 N–H and O–H groups in total. The maximum Gasteiger partial charge on any atom is 0.0218 e. The first-order chi connectivity index (χ1) is 8.67. The second-order valence-corrected chi connectivity index (χ2v) is 6.38. The van der Waals surface area contributed by atoms with Crippen LogP contribution in [-0.2, 0) is 0 Å². The molecule has 108 valence electrons. The van der Waals surface area contributed by atoms with Gasteiger partial charge in [-0.1, -0.05) is 40.5 Å². The number of nitrogens with zero attached hydrogens (tertiary/aromatic N) is 1. The lowest BCUT2D eigenvalue weighted by Crippen LogP contribution is -2.46. The van der Waals surface area contributed by atoms with Crippen LogP contribution in [0.4, 0.5) is 0 Å². The van der Waals surface area contributed by atoms with Gasteiger partial charge in [-0.15, -0.1) is 0 Å². The first kappa shape index (κ1) is 16.0. The van der Waals surface area contributed by atoms with Crippen molar-refractivity contribution in [2.24, 2.45) is 11.8 Å². The fourth-order valence-corrected chi connectivity index (χ4v) is 3.09. The molecular formula is C16H34N2. The molecule has 1 unspecified atom stereocenters. The van der Waals surface area contributed by atoms with Gasteiger partial charge in [0.25, 0.3) is 0 Å². The van der Waals surface area contributed by atoms with Crippen molar-refractivity contribution in [1.82, 2.24) is 10.2 Å². The molecule has 0 radical (unpaired) electrons. The van der Waals surface area contributed by atoms with Gasteiger partial charge in [0.2, 0.25) is 0 Å². The Morgan fingerprint density at radius 3 is 2.28 bits per heavy atom. The summed E-state index contributed by atoms with van der Waals surface area (Å²) >= 11 is 0. The molecule has 2 heteroatoms. The summed E-state index contributed by atoms with van der Waals surface area (Å²) in [6.07, 6.45) is 6.93. The van der Waals surface area contributed by atoms with Crippen LogP contribution in [0, 0.1) is 11.8 Å². The first-order valence-corrected chi connectivity index (χ1v) is 8.12.